The van der Waals surface area contributed by atoms with Crippen molar-refractivity contribution in [2.24, 2.45) is 0 Å². The zero-order valence-corrected chi connectivity index (χ0v) is 19.3. The maximum atomic E-state index is 11.6. The van der Waals surface area contributed by atoms with E-state index in [9.17, 15) is 29.8 Å². The Morgan fingerprint density at radius 2 is 1.26 bits per heavy atom. The molecule has 34 heavy (non-hydrogen) atoms. The minimum Gasteiger partial charge on any atom is -0.434 e. The Kier molecular flexibility index (Phi) is 11.5. The number of rotatable bonds is 13. The third-order valence-electron chi connectivity index (χ3n) is 3.75. The fourth-order valence-corrected chi connectivity index (χ4v) is 4.33. The van der Waals surface area contributed by atoms with E-state index in [1.807, 2.05) is 0 Å². The van der Waals surface area contributed by atoms with E-state index >= 15 is 0 Å². The van der Waals surface area contributed by atoms with Gasteiger partial charge in [0.15, 0.2) is 0 Å². The van der Waals surface area contributed by atoms with Crippen molar-refractivity contribution in [2.75, 3.05) is 24.7 Å². The monoisotopic (exact) mass is 512 g/mol. The van der Waals surface area contributed by atoms with Crippen molar-refractivity contribution in [3.8, 4) is 11.5 Å². The maximum Gasteiger partial charge on any atom is 0.513 e. The summed E-state index contributed by atoms with van der Waals surface area (Å²) in [4.78, 5) is 43.3. The molecule has 0 aromatic heterocycles. The summed E-state index contributed by atoms with van der Waals surface area (Å²) in [5.74, 6) is 1.60. The van der Waals surface area contributed by atoms with E-state index in [4.69, 9.17) is 18.9 Å². The molecule has 2 rings (SSSR count). The van der Waals surface area contributed by atoms with Crippen molar-refractivity contribution >= 4 is 45.3 Å². The van der Waals surface area contributed by atoms with Crippen molar-refractivity contribution in [1.29, 1.82) is 0 Å². The van der Waals surface area contributed by atoms with Crippen molar-refractivity contribution < 1.29 is 38.4 Å². The second-order valence-electron chi connectivity index (χ2n) is 6.26. The molecule has 0 aliphatic rings. The summed E-state index contributed by atoms with van der Waals surface area (Å²) in [6, 6.07) is 10.3. The van der Waals surface area contributed by atoms with Crippen molar-refractivity contribution in [3.63, 3.8) is 0 Å². The summed E-state index contributed by atoms with van der Waals surface area (Å²) in [7, 11) is 3.13. The zero-order chi connectivity index (χ0) is 24.8. The van der Waals surface area contributed by atoms with E-state index in [-0.39, 0.29) is 36.1 Å². The second-order valence-corrected chi connectivity index (χ2v) is 8.96. The number of nitrogens with zero attached hydrogens (tertiary/aromatic N) is 2. The lowest BCUT2D eigenvalue weighted by Crippen LogP contribution is -2.12. The van der Waals surface area contributed by atoms with Crippen LogP contribution in [0.15, 0.2) is 48.5 Å². The summed E-state index contributed by atoms with van der Waals surface area (Å²) in [5.41, 5.74) is -0.298. The van der Waals surface area contributed by atoms with Gasteiger partial charge in [-0.3, -0.25) is 20.2 Å². The Morgan fingerprint density at radius 3 is 1.79 bits per heavy atom. The fourth-order valence-electron chi connectivity index (χ4n) is 2.21. The van der Waals surface area contributed by atoms with Gasteiger partial charge in [0.1, 0.15) is 11.5 Å². The first kappa shape index (κ1) is 26.7. The maximum absolute atomic E-state index is 11.6. The lowest BCUT2D eigenvalue weighted by atomic mass is 10.3. The molecule has 0 heterocycles. The summed E-state index contributed by atoms with van der Waals surface area (Å²) in [5, 5.41) is 21.3. The van der Waals surface area contributed by atoms with Gasteiger partial charge in [-0.15, -0.1) is 0 Å². The molecule has 0 aliphatic heterocycles. The van der Waals surface area contributed by atoms with Crippen LogP contribution in [-0.2, 0) is 9.47 Å². The molecule has 2 aromatic rings. The number of hydrogen-bond donors (Lipinski definition) is 0. The standard InChI is InChI=1S/C20H20N2O10S2/c23-19(31-17-8-6-15(7-9-17)21(25)26)29-10-2-12-33-34-13-3-11-30-20(24)32-18-5-1-4-16(14-18)22(27)28/h1,4-9,14H,2-3,10-13H2. The second kappa shape index (κ2) is 14.6. The molecule has 0 N–H and O–H groups in total. The molecule has 0 fully saturated rings. The lowest BCUT2D eigenvalue weighted by molar-refractivity contribution is -0.385. The van der Waals surface area contributed by atoms with Gasteiger partial charge >= 0.3 is 12.3 Å². The first-order valence-electron chi connectivity index (χ1n) is 9.77. The highest BCUT2D eigenvalue weighted by Crippen LogP contribution is 2.23. The Balaban J connectivity index is 1.45. The van der Waals surface area contributed by atoms with Crippen molar-refractivity contribution in [3.05, 3.63) is 68.8 Å². The lowest BCUT2D eigenvalue weighted by Gasteiger charge is -2.06. The number of benzene rings is 2. The van der Waals surface area contributed by atoms with Crippen LogP contribution in [0.1, 0.15) is 12.8 Å². The van der Waals surface area contributed by atoms with E-state index in [2.05, 4.69) is 0 Å². The van der Waals surface area contributed by atoms with E-state index < -0.39 is 22.2 Å². The predicted octanol–water partition coefficient (Wildman–Crippen LogP) is 5.40. The van der Waals surface area contributed by atoms with Crippen LogP contribution in [0.5, 0.6) is 11.5 Å². The number of nitro benzene ring substituents is 2. The molecule has 0 bridgehead atoms. The molecule has 0 saturated heterocycles. The van der Waals surface area contributed by atoms with E-state index in [1.165, 1.54) is 42.5 Å². The minimum absolute atomic E-state index is 0.0305. The minimum atomic E-state index is -0.934. The average Bonchev–Trinajstić information content (AvgIpc) is 2.80. The van der Waals surface area contributed by atoms with Crippen LogP contribution in [0.3, 0.4) is 0 Å². The normalized spacial score (nSPS) is 10.2. The molecule has 0 radical (unpaired) electrons. The van der Waals surface area contributed by atoms with Gasteiger partial charge in [0, 0.05) is 29.7 Å². The van der Waals surface area contributed by atoms with Crippen LogP contribution in [0.4, 0.5) is 21.0 Å². The SMILES string of the molecule is O=C(OCCCSSCCCOC(=O)Oc1cccc([N+](=O)[O-])c1)Oc1ccc([N+](=O)[O-])cc1. The molecule has 14 heteroatoms. The van der Waals surface area contributed by atoms with E-state index in [0.29, 0.717) is 24.3 Å². The van der Waals surface area contributed by atoms with Gasteiger partial charge in [-0.1, -0.05) is 27.7 Å². The van der Waals surface area contributed by atoms with E-state index in [0.717, 1.165) is 6.07 Å². The molecule has 0 saturated carbocycles. The summed E-state index contributed by atoms with van der Waals surface area (Å²) in [6.45, 7) is 0.297. The predicted molar refractivity (Wildman–Crippen MR) is 124 cm³/mol. The quantitative estimate of drug-likeness (QED) is 0.0842. The molecular formula is C20H20N2O10S2. The third kappa shape index (κ3) is 10.4. The number of carbonyl (C=O) groups is 2. The summed E-state index contributed by atoms with van der Waals surface area (Å²) in [6.07, 6.45) is -0.643. The van der Waals surface area contributed by atoms with Crippen molar-refractivity contribution in [2.45, 2.75) is 12.8 Å². The zero-order valence-electron chi connectivity index (χ0n) is 17.7. The van der Waals surface area contributed by atoms with Gasteiger partial charge in [0.25, 0.3) is 11.4 Å². The van der Waals surface area contributed by atoms with Crippen LogP contribution in [0.25, 0.3) is 0 Å². The molecule has 182 valence electrons. The molecule has 0 unspecified atom stereocenters. The summed E-state index contributed by atoms with van der Waals surface area (Å²) >= 11 is 0. The molecule has 12 nitrogen and oxygen atoms in total. The molecular weight excluding hydrogens is 492 g/mol. The van der Waals surface area contributed by atoms with Crippen LogP contribution < -0.4 is 9.47 Å². The number of carbonyl (C=O) groups excluding carboxylic acids is 2. The fraction of sp³-hybridized carbons (Fsp3) is 0.300. The first-order valence-corrected chi connectivity index (χ1v) is 12.3. The molecule has 0 amide bonds. The van der Waals surface area contributed by atoms with Crippen LogP contribution >= 0.6 is 21.6 Å². The molecule has 0 spiro atoms. The van der Waals surface area contributed by atoms with Crippen LogP contribution in [-0.4, -0.2) is 46.9 Å². The number of ether oxygens (including phenoxy) is 4. The van der Waals surface area contributed by atoms with Crippen LogP contribution in [0, 0.1) is 20.2 Å². The number of hydrogen-bond acceptors (Lipinski definition) is 12. The third-order valence-corrected chi connectivity index (χ3v) is 6.32. The van der Waals surface area contributed by atoms with Gasteiger partial charge in [-0.05, 0) is 31.0 Å². The van der Waals surface area contributed by atoms with Crippen molar-refractivity contribution in [1.82, 2.24) is 0 Å². The Hall–Kier alpha value is -3.52. The molecule has 0 aliphatic carbocycles. The van der Waals surface area contributed by atoms with Gasteiger partial charge in [0.05, 0.1) is 29.1 Å². The van der Waals surface area contributed by atoms with Gasteiger partial charge in [0.2, 0.25) is 0 Å². The van der Waals surface area contributed by atoms with Crippen LogP contribution in [0.2, 0.25) is 0 Å². The summed E-state index contributed by atoms with van der Waals surface area (Å²) < 4.78 is 19.7. The molecule has 0 atom stereocenters. The van der Waals surface area contributed by atoms with Gasteiger partial charge in [-0.2, -0.15) is 0 Å². The Bertz CT molecular complexity index is 988. The topological polar surface area (TPSA) is 157 Å². The Labute approximate surface area is 201 Å². The number of non-ortho nitro benzene ring substituents is 2. The van der Waals surface area contributed by atoms with Gasteiger partial charge < -0.3 is 18.9 Å². The molecule has 2 aromatic carbocycles. The largest absolute Gasteiger partial charge is 0.513 e. The highest BCUT2D eigenvalue weighted by atomic mass is 33.1. The highest BCUT2D eigenvalue weighted by Gasteiger charge is 2.11. The smallest absolute Gasteiger partial charge is 0.434 e. The van der Waals surface area contributed by atoms with E-state index in [1.54, 1.807) is 21.6 Å². The highest BCUT2D eigenvalue weighted by molar-refractivity contribution is 8.76. The number of nitro groups is 2. The Morgan fingerprint density at radius 1 is 0.735 bits per heavy atom. The average molecular weight is 513 g/mol. The van der Waals surface area contributed by atoms with Gasteiger partial charge in [-0.25, -0.2) is 9.59 Å². The first-order chi connectivity index (χ1) is 16.3.